The molecular formula is C11H10BrFN2O. The lowest BCUT2D eigenvalue weighted by atomic mass is 10.2. The fraction of sp³-hybridized carbons (Fsp3) is 0.273. The van der Waals surface area contributed by atoms with Crippen molar-refractivity contribution in [2.45, 2.75) is 18.2 Å². The smallest absolute Gasteiger partial charge is 0.238 e. The Balaban J connectivity index is 2.83. The molecule has 0 radical (unpaired) electrons. The molecule has 16 heavy (non-hydrogen) atoms. The lowest BCUT2D eigenvalue weighted by Crippen LogP contribution is -2.22. The summed E-state index contributed by atoms with van der Waals surface area (Å²) in [6.07, 6.45) is 0.615. The quantitative estimate of drug-likeness (QED) is 0.868. The fourth-order valence-corrected chi connectivity index (χ4v) is 1.20. The highest BCUT2D eigenvalue weighted by molar-refractivity contribution is 9.10. The number of nitriles is 1. The number of alkyl halides is 1. The summed E-state index contributed by atoms with van der Waals surface area (Å²) in [6.45, 7) is 1.84. The minimum absolute atomic E-state index is 0.0851. The van der Waals surface area contributed by atoms with Gasteiger partial charge in [0.25, 0.3) is 0 Å². The molecule has 1 aromatic carbocycles. The molecule has 5 heteroatoms. The van der Waals surface area contributed by atoms with Crippen molar-refractivity contribution in [3.63, 3.8) is 0 Å². The third kappa shape index (κ3) is 3.04. The normalized spacial score (nSPS) is 11.6. The predicted molar refractivity (Wildman–Crippen MR) is 62.8 cm³/mol. The van der Waals surface area contributed by atoms with Crippen molar-refractivity contribution in [3.05, 3.63) is 29.6 Å². The highest BCUT2D eigenvalue weighted by Gasteiger charge is 2.14. The van der Waals surface area contributed by atoms with Crippen LogP contribution in [0.15, 0.2) is 18.2 Å². The zero-order chi connectivity index (χ0) is 12.1. The second-order valence-corrected chi connectivity index (χ2v) is 4.28. The molecule has 1 N–H and O–H groups in total. The van der Waals surface area contributed by atoms with Gasteiger partial charge in [0.05, 0.1) is 22.1 Å². The SMILES string of the molecule is CCC(Br)C(=O)Nc1ccc(C#N)cc1F. The molecule has 1 rings (SSSR count). The molecule has 1 aromatic rings. The van der Waals surface area contributed by atoms with Crippen molar-refractivity contribution < 1.29 is 9.18 Å². The van der Waals surface area contributed by atoms with Crippen LogP contribution in [0.25, 0.3) is 0 Å². The molecule has 0 heterocycles. The Morgan fingerprint density at radius 2 is 2.38 bits per heavy atom. The van der Waals surface area contributed by atoms with Crippen LogP contribution < -0.4 is 5.32 Å². The third-order valence-electron chi connectivity index (χ3n) is 2.00. The zero-order valence-corrected chi connectivity index (χ0v) is 10.2. The molecule has 0 saturated carbocycles. The number of anilines is 1. The van der Waals surface area contributed by atoms with Crippen LogP contribution in [-0.2, 0) is 4.79 Å². The van der Waals surface area contributed by atoms with E-state index in [1.165, 1.54) is 12.1 Å². The lowest BCUT2D eigenvalue weighted by Gasteiger charge is -2.09. The topological polar surface area (TPSA) is 52.9 Å². The molecule has 1 amide bonds. The summed E-state index contributed by atoms with van der Waals surface area (Å²) in [5, 5.41) is 11.0. The van der Waals surface area contributed by atoms with Gasteiger partial charge in [0, 0.05) is 0 Å². The Labute approximate surface area is 101 Å². The predicted octanol–water partition coefficient (Wildman–Crippen LogP) is 2.81. The molecule has 1 atom stereocenters. The van der Waals surface area contributed by atoms with Gasteiger partial charge in [-0.05, 0) is 24.6 Å². The molecule has 0 aliphatic carbocycles. The molecular weight excluding hydrogens is 275 g/mol. The Morgan fingerprint density at radius 1 is 1.69 bits per heavy atom. The van der Waals surface area contributed by atoms with Gasteiger partial charge in [-0.2, -0.15) is 5.26 Å². The first kappa shape index (κ1) is 12.7. The maximum Gasteiger partial charge on any atom is 0.238 e. The summed E-state index contributed by atoms with van der Waals surface area (Å²) in [4.78, 5) is 11.1. The number of benzene rings is 1. The van der Waals surface area contributed by atoms with Gasteiger partial charge in [-0.1, -0.05) is 22.9 Å². The molecule has 84 valence electrons. The summed E-state index contributed by atoms with van der Waals surface area (Å²) >= 11 is 3.17. The van der Waals surface area contributed by atoms with Gasteiger partial charge in [0.15, 0.2) is 0 Å². The molecule has 0 spiro atoms. The number of hydrogen-bond acceptors (Lipinski definition) is 2. The van der Waals surface area contributed by atoms with Crippen molar-refractivity contribution in [1.29, 1.82) is 5.26 Å². The molecule has 0 aromatic heterocycles. The summed E-state index contributed by atoms with van der Waals surface area (Å²) in [7, 11) is 0. The van der Waals surface area contributed by atoms with Crippen molar-refractivity contribution in [2.24, 2.45) is 0 Å². The van der Waals surface area contributed by atoms with Crippen LogP contribution in [0.1, 0.15) is 18.9 Å². The largest absolute Gasteiger partial charge is 0.323 e. The van der Waals surface area contributed by atoms with E-state index in [9.17, 15) is 9.18 Å². The summed E-state index contributed by atoms with van der Waals surface area (Å²) < 4.78 is 13.4. The number of halogens is 2. The van der Waals surface area contributed by atoms with Gasteiger partial charge in [-0.25, -0.2) is 4.39 Å². The average Bonchev–Trinajstić information content (AvgIpc) is 2.30. The number of amides is 1. The summed E-state index contributed by atoms with van der Waals surface area (Å²) in [6, 6.07) is 5.74. The van der Waals surface area contributed by atoms with Crippen LogP contribution in [0.2, 0.25) is 0 Å². The highest BCUT2D eigenvalue weighted by Crippen LogP contribution is 2.17. The van der Waals surface area contributed by atoms with E-state index in [0.29, 0.717) is 6.42 Å². The number of nitrogens with zero attached hydrogens (tertiary/aromatic N) is 1. The van der Waals surface area contributed by atoms with Crippen molar-refractivity contribution >= 4 is 27.5 Å². The number of nitrogens with one attached hydrogen (secondary N) is 1. The van der Waals surface area contributed by atoms with Crippen molar-refractivity contribution in [2.75, 3.05) is 5.32 Å². The molecule has 0 saturated heterocycles. The Bertz CT molecular complexity index is 442. The Kier molecular flexibility index (Phi) is 4.44. The van der Waals surface area contributed by atoms with E-state index >= 15 is 0 Å². The molecule has 1 unspecified atom stereocenters. The third-order valence-corrected chi connectivity index (χ3v) is 3.06. The Hall–Kier alpha value is -1.41. The first-order valence-corrected chi connectivity index (χ1v) is 5.64. The van der Waals surface area contributed by atoms with E-state index in [1.807, 2.05) is 13.0 Å². The molecule has 0 fully saturated rings. The number of carbonyl (C=O) groups excluding carboxylic acids is 1. The highest BCUT2D eigenvalue weighted by atomic mass is 79.9. The average molecular weight is 285 g/mol. The van der Waals surface area contributed by atoms with Gasteiger partial charge in [-0.3, -0.25) is 4.79 Å². The van der Waals surface area contributed by atoms with Crippen molar-refractivity contribution in [3.8, 4) is 6.07 Å². The molecule has 3 nitrogen and oxygen atoms in total. The second kappa shape index (κ2) is 5.61. The Morgan fingerprint density at radius 3 is 2.88 bits per heavy atom. The standard InChI is InChI=1S/C11H10BrFN2O/c1-2-8(12)11(16)15-10-4-3-7(6-14)5-9(10)13/h3-5,8H,2H2,1H3,(H,15,16). The van der Waals surface area contributed by atoms with Crippen LogP contribution in [0.3, 0.4) is 0 Å². The minimum Gasteiger partial charge on any atom is -0.323 e. The van der Waals surface area contributed by atoms with Gasteiger partial charge < -0.3 is 5.32 Å². The van der Waals surface area contributed by atoms with Gasteiger partial charge in [0.2, 0.25) is 5.91 Å². The maximum absolute atomic E-state index is 13.4. The van der Waals surface area contributed by atoms with E-state index in [2.05, 4.69) is 21.2 Å². The fourth-order valence-electron chi connectivity index (χ4n) is 1.08. The van der Waals surface area contributed by atoms with Gasteiger partial charge in [-0.15, -0.1) is 0 Å². The monoisotopic (exact) mass is 284 g/mol. The van der Waals surface area contributed by atoms with E-state index < -0.39 is 5.82 Å². The van der Waals surface area contributed by atoms with Gasteiger partial charge >= 0.3 is 0 Å². The van der Waals surface area contributed by atoms with E-state index in [-0.39, 0.29) is 22.0 Å². The second-order valence-electron chi connectivity index (χ2n) is 3.17. The van der Waals surface area contributed by atoms with Gasteiger partial charge in [0.1, 0.15) is 5.82 Å². The van der Waals surface area contributed by atoms with Crippen LogP contribution in [0, 0.1) is 17.1 Å². The summed E-state index contributed by atoms with van der Waals surface area (Å²) in [5.41, 5.74) is 0.309. The number of hydrogen-bond donors (Lipinski definition) is 1. The van der Waals surface area contributed by atoms with E-state index in [1.54, 1.807) is 0 Å². The lowest BCUT2D eigenvalue weighted by molar-refractivity contribution is -0.115. The molecule has 0 aliphatic heterocycles. The number of carbonyl (C=O) groups is 1. The minimum atomic E-state index is -0.608. The van der Waals surface area contributed by atoms with E-state index in [4.69, 9.17) is 5.26 Å². The van der Waals surface area contributed by atoms with Crippen LogP contribution in [0.4, 0.5) is 10.1 Å². The first-order valence-electron chi connectivity index (χ1n) is 4.73. The summed E-state index contributed by atoms with van der Waals surface area (Å²) in [5.74, 6) is -0.908. The number of rotatable bonds is 3. The zero-order valence-electron chi connectivity index (χ0n) is 8.63. The molecule has 0 aliphatic rings. The van der Waals surface area contributed by atoms with Crippen LogP contribution >= 0.6 is 15.9 Å². The van der Waals surface area contributed by atoms with Crippen LogP contribution in [-0.4, -0.2) is 10.7 Å². The first-order chi connectivity index (χ1) is 7.58. The maximum atomic E-state index is 13.4. The van der Waals surface area contributed by atoms with Crippen molar-refractivity contribution in [1.82, 2.24) is 0 Å². The van der Waals surface area contributed by atoms with Crippen LogP contribution in [0.5, 0.6) is 0 Å². The molecule has 0 bridgehead atoms. The van der Waals surface area contributed by atoms with E-state index in [0.717, 1.165) is 6.07 Å².